The van der Waals surface area contributed by atoms with Crippen molar-refractivity contribution in [2.45, 2.75) is 46.2 Å². The molecule has 1 N–H and O–H groups in total. The molecule has 106 valence electrons. The largest absolute Gasteiger partial charge is 0.313 e. The maximum atomic E-state index is 4.59. The van der Waals surface area contributed by atoms with Gasteiger partial charge in [-0.2, -0.15) is 0 Å². The fraction of sp³-hybridized carbons (Fsp3) is 0.688. The monoisotopic (exact) mass is 261 g/mol. The maximum Gasteiger partial charge on any atom is 0.0544 e. The van der Waals surface area contributed by atoms with Crippen LogP contribution in [0.15, 0.2) is 18.3 Å². The molecule has 1 aliphatic heterocycles. The van der Waals surface area contributed by atoms with E-state index in [0.29, 0.717) is 0 Å². The molecule has 2 heterocycles. The van der Waals surface area contributed by atoms with Crippen LogP contribution in [-0.4, -0.2) is 29.5 Å². The number of hydrogen-bond acceptors (Lipinski definition) is 3. The van der Waals surface area contributed by atoms with Gasteiger partial charge < -0.3 is 5.32 Å². The van der Waals surface area contributed by atoms with Gasteiger partial charge in [-0.1, -0.05) is 19.9 Å². The van der Waals surface area contributed by atoms with Crippen LogP contribution < -0.4 is 5.32 Å². The van der Waals surface area contributed by atoms with Crippen LogP contribution in [0.2, 0.25) is 0 Å². The molecule has 1 aromatic rings. The second kappa shape index (κ2) is 7.61. The molecule has 0 radical (unpaired) electrons. The van der Waals surface area contributed by atoms with Crippen LogP contribution in [0.4, 0.5) is 0 Å². The molecule has 2 rings (SSSR count). The van der Waals surface area contributed by atoms with Crippen molar-refractivity contribution < 1.29 is 0 Å². The van der Waals surface area contributed by atoms with Crippen molar-refractivity contribution >= 4 is 0 Å². The Kier molecular flexibility index (Phi) is 5.80. The summed E-state index contributed by atoms with van der Waals surface area (Å²) in [5.74, 6) is 0.889. The van der Waals surface area contributed by atoms with E-state index in [1.54, 1.807) is 0 Å². The van der Waals surface area contributed by atoms with Gasteiger partial charge in [-0.05, 0) is 56.4 Å². The highest BCUT2D eigenvalue weighted by Crippen LogP contribution is 2.17. The Morgan fingerprint density at radius 2 is 2.21 bits per heavy atom. The minimum atomic E-state index is 0.889. The first-order valence-electron chi connectivity index (χ1n) is 7.65. The van der Waals surface area contributed by atoms with Crippen molar-refractivity contribution in [3.05, 3.63) is 29.6 Å². The van der Waals surface area contributed by atoms with Gasteiger partial charge in [0.1, 0.15) is 0 Å². The smallest absolute Gasteiger partial charge is 0.0544 e. The minimum Gasteiger partial charge on any atom is -0.313 e. The summed E-state index contributed by atoms with van der Waals surface area (Å²) < 4.78 is 0. The third-order valence-electron chi connectivity index (χ3n) is 3.96. The Bertz CT molecular complexity index is 361. The first kappa shape index (κ1) is 14.5. The third-order valence-corrected chi connectivity index (χ3v) is 3.96. The van der Waals surface area contributed by atoms with E-state index in [9.17, 15) is 0 Å². The van der Waals surface area contributed by atoms with Gasteiger partial charge in [0.2, 0.25) is 0 Å². The average Bonchev–Trinajstić information content (AvgIpc) is 2.63. The van der Waals surface area contributed by atoms with Crippen molar-refractivity contribution in [2.75, 3.05) is 19.6 Å². The summed E-state index contributed by atoms with van der Waals surface area (Å²) in [5, 5.41) is 3.33. The van der Waals surface area contributed by atoms with Gasteiger partial charge in [0, 0.05) is 19.3 Å². The Labute approximate surface area is 117 Å². The molecule has 1 fully saturated rings. The molecule has 0 amide bonds. The molecule has 1 aromatic heterocycles. The number of rotatable bonds is 5. The lowest BCUT2D eigenvalue weighted by Crippen LogP contribution is -2.24. The summed E-state index contributed by atoms with van der Waals surface area (Å²) >= 11 is 0. The summed E-state index contributed by atoms with van der Waals surface area (Å²) in [6.07, 6.45) is 6.06. The summed E-state index contributed by atoms with van der Waals surface area (Å²) in [4.78, 5) is 7.15. The van der Waals surface area contributed by atoms with Crippen LogP contribution in [-0.2, 0) is 13.1 Å². The number of hydrogen-bond donors (Lipinski definition) is 1. The SMILES string of the molecule is CCNCc1ccc(CN2CCCC(C)CC2)nc1. The van der Waals surface area contributed by atoms with E-state index in [0.717, 1.165) is 25.6 Å². The van der Waals surface area contributed by atoms with E-state index in [2.05, 4.69) is 41.2 Å². The zero-order valence-corrected chi connectivity index (χ0v) is 12.4. The molecule has 0 spiro atoms. The predicted molar refractivity (Wildman–Crippen MR) is 79.9 cm³/mol. The highest BCUT2D eigenvalue weighted by Gasteiger charge is 2.14. The first-order chi connectivity index (χ1) is 9.28. The highest BCUT2D eigenvalue weighted by molar-refractivity contribution is 5.14. The zero-order valence-electron chi connectivity index (χ0n) is 12.4. The average molecular weight is 261 g/mol. The third kappa shape index (κ3) is 4.92. The molecule has 1 unspecified atom stereocenters. The van der Waals surface area contributed by atoms with Gasteiger partial charge in [-0.3, -0.25) is 9.88 Å². The quantitative estimate of drug-likeness (QED) is 0.883. The fourth-order valence-corrected chi connectivity index (χ4v) is 2.63. The number of likely N-dealkylation sites (tertiary alicyclic amines) is 1. The Morgan fingerprint density at radius 1 is 1.32 bits per heavy atom. The Morgan fingerprint density at radius 3 is 2.95 bits per heavy atom. The van der Waals surface area contributed by atoms with E-state index < -0.39 is 0 Å². The molecule has 3 nitrogen and oxygen atoms in total. The zero-order chi connectivity index (χ0) is 13.5. The number of nitrogens with one attached hydrogen (secondary N) is 1. The molecule has 3 heteroatoms. The van der Waals surface area contributed by atoms with Crippen LogP contribution >= 0.6 is 0 Å². The molecule has 0 saturated carbocycles. The lowest BCUT2D eigenvalue weighted by molar-refractivity contribution is 0.270. The Hall–Kier alpha value is -0.930. The number of aromatic nitrogens is 1. The topological polar surface area (TPSA) is 28.2 Å². The van der Waals surface area contributed by atoms with Gasteiger partial charge >= 0.3 is 0 Å². The summed E-state index contributed by atoms with van der Waals surface area (Å²) in [6.45, 7) is 9.89. The standard InChI is InChI=1S/C16H27N3/c1-3-17-11-15-6-7-16(18-12-15)13-19-9-4-5-14(2)8-10-19/h6-7,12,14,17H,3-5,8-11,13H2,1-2H3. The van der Waals surface area contributed by atoms with Crippen LogP contribution in [0, 0.1) is 5.92 Å². The van der Waals surface area contributed by atoms with Crippen LogP contribution in [0.25, 0.3) is 0 Å². The van der Waals surface area contributed by atoms with Crippen molar-refractivity contribution in [3.8, 4) is 0 Å². The predicted octanol–water partition coefficient (Wildman–Crippen LogP) is 2.81. The number of pyridine rings is 1. The summed E-state index contributed by atoms with van der Waals surface area (Å²) in [5.41, 5.74) is 2.48. The molecule has 0 aromatic carbocycles. The van der Waals surface area contributed by atoms with Gasteiger partial charge in [-0.25, -0.2) is 0 Å². The molecule has 0 bridgehead atoms. The van der Waals surface area contributed by atoms with Crippen LogP contribution in [0.5, 0.6) is 0 Å². The fourth-order valence-electron chi connectivity index (χ4n) is 2.63. The summed E-state index contributed by atoms with van der Waals surface area (Å²) in [6, 6.07) is 4.38. The van der Waals surface area contributed by atoms with Gasteiger partial charge in [0.05, 0.1) is 5.69 Å². The molecule has 19 heavy (non-hydrogen) atoms. The van der Waals surface area contributed by atoms with E-state index in [-0.39, 0.29) is 0 Å². The lowest BCUT2D eigenvalue weighted by atomic mass is 10.0. The number of nitrogens with zero attached hydrogens (tertiary/aromatic N) is 2. The first-order valence-corrected chi connectivity index (χ1v) is 7.65. The van der Waals surface area contributed by atoms with Crippen molar-refractivity contribution in [3.63, 3.8) is 0 Å². The van der Waals surface area contributed by atoms with Gasteiger partial charge in [0.15, 0.2) is 0 Å². The van der Waals surface area contributed by atoms with E-state index in [4.69, 9.17) is 0 Å². The van der Waals surface area contributed by atoms with Crippen molar-refractivity contribution in [1.82, 2.24) is 15.2 Å². The van der Waals surface area contributed by atoms with Gasteiger partial charge in [0.25, 0.3) is 0 Å². The maximum absolute atomic E-state index is 4.59. The molecular weight excluding hydrogens is 234 g/mol. The van der Waals surface area contributed by atoms with E-state index in [1.807, 2.05) is 6.20 Å². The second-order valence-electron chi connectivity index (χ2n) is 5.75. The normalized spacial score (nSPS) is 21.3. The van der Waals surface area contributed by atoms with Crippen LogP contribution in [0.3, 0.4) is 0 Å². The molecular formula is C16H27N3. The molecule has 1 saturated heterocycles. The van der Waals surface area contributed by atoms with E-state index in [1.165, 1.54) is 43.6 Å². The highest BCUT2D eigenvalue weighted by atomic mass is 15.1. The molecule has 0 aliphatic carbocycles. The lowest BCUT2D eigenvalue weighted by Gasteiger charge is -2.19. The van der Waals surface area contributed by atoms with Crippen molar-refractivity contribution in [1.29, 1.82) is 0 Å². The second-order valence-corrected chi connectivity index (χ2v) is 5.75. The molecule has 1 aliphatic rings. The summed E-state index contributed by atoms with van der Waals surface area (Å²) in [7, 11) is 0. The van der Waals surface area contributed by atoms with E-state index >= 15 is 0 Å². The van der Waals surface area contributed by atoms with Crippen molar-refractivity contribution in [2.24, 2.45) is 5.92 Å². The molecule has 1 atom stereocenters. The minimum absolute atomic E-state index is 0.889. The Balaban J connectivity index is 1.84. The van der Waals surface area contributed by atoms with Gasteiger partial charge in [-0.15, -0.1) is 0 Å². The van der Waals surface area contributed by atoms with Crippen LogP contribution in [0.1, 0.15) is 44.4 Å².